The quantitative estimate of drug-likeness (QED) is 0.573. The Morgan fingerprint density at radius 1 is 1.33 bits per heavy atom. The van der Waals surface area contributed by atoms with E-state index in [1.807, 2.05) is 0 Å². The normalized spacial score (nSPS) is 16.9. The maximum Gasteiger partial charge on any atom is 0.505 e. The largest absolute Gasteiger partial charge is 0.505 e. The summed E-state index contributed by atoms with van der Waals surface area (Å²) in [6.45, 7) is 0.302. The SMILES string of the molecule is O=S(=O)(O)CCCCn1cc2nc1OS(=O)(=O)O2. The van der Waals surface area contributed by atoms with Crippen LogP contribution in [-0.4, -0.2) is 36.7 Å². The lowest BCUT2D eigenvalue weighted by atomic mass is 10.3. The molecule has 9 nitrogen and oxygen atoms in total. The Hall–Kier alpha value is -1.33. The lowest BCUT2D eigenvalue weighted by molar-refractivity contribution is 0.351. The van der Waals surface area contributed by atoms with Gasteiger partial charge in [0.2, 0.25) is 0 Å². The Morgan fingerprint density at radius 2 is 2.06 bits per heavy atom. The minimum absolute atomic E-state index is 0.0916. The van der Waals surface area contributed by atoms with Crippen molar-refractivity contribution in [3.8, 4) is 11.9 Å². The number of hydrogen-bond donors (Lipinski definition) is 1. The first-order valence-electron chi connectivity index (χ1n) is 4.91. The fourth-order valence-corrected chi connectivity index (χ4v) is 2.63. The summed E-state index contributed by atoms with van der Waals surface area (Å²) < 4.78 is 61.8. The van der Waals surface area contributed by atoms with Crippen LogP contribution in [0.15, 0.2) is 6.20 Å². The maximum atomic E-state index is 11.0. The highest BCUT2D eigenvalue weighted by atomic mass is 32.3. The van der Waals surface area contributed by atoms with Crippen LogP contribution in [0.1, 0.15) is 12.8 Å². The number of fused-ring (bicyclic) bond motifs is 2. The van der Waals surface area contributed by atoms with E-state index in [4.69, 9.17) is 4.55 Å². The van der Waals surface area contributed by atoms with Gasteiger partial charge >= 0.3 is 16.4 Å². The second-order valence-corrected chi connectivity index (χ2v) is 6.35. The van der Waals surface area contributed by atoms with E-state index >= 15 is 0 Å². The van der Waals surface area contributed by atoms with Gasteiger partial charge in [-0.05, 0) is 12.8 Å². The topological polar surface area (TPSA) is 125 Å². The van der Waals surface area contributed by atoms with Crippen LogP contribution in [0, 0.1) is 0 Å². The molecular formula is C7H10N2O7S2. The number of hydrogen-bond acceptors (Lipinski definition) is 7. The molecule has 0 aromatic carbocycles. The molecule has 0 fully saturated rings. The number of rotatable bonds is 5. The number of unbranched alkanes of at least 4 members (excludes halogenated alkanes) is 1. The molecule has 0 radical (unpaired) electrons. The Bertz CT molecular complexity index is 645. The van der Waals surface area contributed by atoms with Crippen molar-refractivity contribution in [1.29, 1.82) is 0 Å². The molecule has 0 unspecified atom stereocenters. The minimum atomic E-state index is -4.08. The van der Waals surface area contributed by atoms with Crippen molar-refractivity contribution in [3.63, 3.8) is 0 Å². The molecule has 1 aromatic rings. The van der Waals surface area contributed by atoms with Gasteiger partial charge in [-0.15, -0.1) is 8.42 Å². The first-order valence-corrected chi connectivity index (χ1v) is 7.86. The van der Waals surface area contributed by atoms with Crippen molar-refractivity contribution < 1.29 is 29.8 Å². The van der Waals surface area contributed by atoms with Crippen molar-refractivity contribution in [2.24, 2.45) is 0 Å². The van der Waals surface area contributed by atoms with Crippen molar-refractivity contribution in [2.75, 3.05) is 5.75 Å². The van der Waals surface area contributed by atoms with E-state index in [0.29, 0.717) is 13.0 Å². The second kappa shape index (κ2) is 4.40. The molecule has 0 spiro atoms. The first kappa shape index (κ1) is 13.1. The number of aryl methyl sites for hydroxylation is 1. The third kappa shape index (κ3) is 3.34. The molecule has 1 aliphatic heterocycles. The summed E-state index contributed by atoms with van der Waals surface area (Å²) in [6.07, 6.45) is 1.98. The van der Waals surface area contributed by atoms with E-state index in [1.165, 1.54) is 10.8 Å². The van der Waals surface area contributed by atoms with Crippen LogP contribution in [0.5, 0.6) is 11.9 Å². The molecule has 18 heavy (non-hydrogen) atoms. The monoisotopic (exact) mass is 298 g/mol. The molecule has 2 bridgehead atoms. The highest BCUT2D eigenvalue weighted by Gasteiger charge is 2.28. The van der Waals surface area contributed by atoms with Gasteiger partial charge in [0.15, 0.2) is 0 Å². The van der Waals surface area contributed by atoms with Crippen LogP contribution in [0.4, 0.5) is 0 Å². The molecule has 0 saturated carbocycles. The molecule has 0 saturated heterocycles. The van der Waals surface area contributed by atoms with Crippen LogP contribution in [0.2, 0.25) is 0 Å². The van der Waals surface area contributed by atoms with Crippen molar-refractivity contribution in [3.05, 3.63) is 6.20 Å². The van der Waals surface area contributed by atoms with Crippen LogP contribution < -0.4 is 8.37 Å². The standard InChI is InChI=1S/C7H10N2O7S2/c10-17(11,12)4-2-1-3-9-5-6-8-7(9)16-18(13,14)15-6/h5H,1-4H2,(H,10,11,12). The molecule has 11 heteroatoms. The molecule has 102 valence electrons. The summed E-state index contributed by atoms with van der Waals surface area (Å²) in [7, 11) is -8.05. The van der Waals surface area contributed by atoms with Gasteiger partial charge in [0, 0.05) is 6.54 Å². The van der Waals surface area contributed by atoms with Gasteiger partial charge in [0.1, 0.15) is 0 Å². The summed E-state index contributed by atoms with van der Waals surface area (Å²) in [5, 5.41) is 0. The van der Waals surface area contributed by atoms with Crippen molar-refractivity contribution >= 4 is 20.5 Å². The van der Waals surface area contributed by atoms with Crippen LogP contribution in [0.3, 0.4) is 0 Å². The zero-order valence-electron chi connectivity index (χ0n) is 9.01. The number of aromatic nitrogens is 2. The smallest absolute Gasteiger partial charge is 0.330 e. The van der Waals surface area contributed by atoms with Gasteiger partial charge in [-0.1, -0.05) is 0 Å². The Morgan fingerprint density at radius 3 is 2.72 bits per heavy atom. The van der Waals surface area contributed by atoms with Crippen molar-refractivity contribution in [1.82, 2.24) is 9.55 Å². The lowest BCUT2D eigenvalue weighted by Crippen LogP contribution is -2.20. The zero-order valence-corrected chi connectivity index (χ0v) is 10.6. The highest BCUT2D eigenvalue weighted by Crippen LogP contribution is 2.25. The number of imidazole rings is 1. The first-order chi connectivity index (χ1) is 8.25. The molecule has 0 aliphatic carbocycles. The fourth-order valence-electron chi connectivity index (χ4n) is 1.42. The Balaban J connectivity index is 1.94. The highest BCUT2D eigenvalue weighted by molar-refractivity contribution is 7.85. The summed E-state index contributed by atoms with van der Waals surface area (Å²) in [6, 6.07) is -0.122. The molecule has 1 aromatic heterocycles. The van der Waals surface area contributed by atoms with E-state index < -0.39 is 20.5 Å². The molecule has 1 aliphatic rings. The molecule has 2 rings (SSSR count). The maximum absolute atomic E-state index is 11.0. The predicted octanol–water partition coefficient (Wildman–Crippen LogP) is -0.433. The number of nitrogens with zero attached hydrogens (tertiary/aromatic N) is 2. The van der Waals surface area contributed by atoms with Crippen molar-refractivity contribution in [2.45, 2.75) is 19.4 Å². The lowest BCUT2D eigenvalue weighted by Gasteiger charge is -2.07. The van der Waals surface area contributed by atoms with E-state index in [0.717, 1.165) is 0 Å². The average Bonchev–Trinajstić information content (AvgIpc) is 2.46. The summed E-state index contributed by atoms with van der Waals surface area (Å²) >= 11 is 0. The third-order valence-corrected chi connectivity index (χ3v) is 3.67. The molecular weight excluding hydrogens is 288 g/mol. The van der Waals surface area contributed by atoms with Crippen LogP contribution in [-0.2, 0) is 27.1 Å². The molecule has 0 amide bonds. The van der Waals surface area contributed by atoms with E-state index in [-0.39, 0.29) is 24.1 Å². The van der Waals surface area contributed by atoms with Gasteiger partial charge in [-0.2, -0.15) is 13.4 Å². The van der Waals surface area contributed by atoms with Gasteiger partial charge in [-0.3, -0.25) is 9.12 Å². The summed E-state index contributed by atoms with van der Waals surface area (Å²) in [5.74, 6) is -0.439. The fraction of sp³-hybridized carbons (Fsp3) is 0.571. The summed E-state index contributed by atoms with van der Waals surface area (Å²) in [5.41, 5.74) is 0. The van der Waals surface area contributed by atoms with E-state index in [1.54, 1.807) is 0 Å². The van der Waals surface area contributed by atoms with Gasteiger partial charge < -0.3 is 8.37 Å². The Labute approximate surface area is 103 Å². The second-order valence-electron chi connectivity index (χ2n) is 3.62. The average molecular weight is 298 g/mol. The zero-order chi connectivity index (χ0) is 13.4. The van der Waals surface area contributed by atoms with Crippen LogP contribution in [0.25, 0.3) is 0 Å². The molecule has 2 heterocycles. The molecule has 1 N–H and O–H groups in total. The van der Waals surface area contributed by atoms with E-state index in [2.05, 4.69) is 13.4 Å². The summed E-state index contributed by atoms with van der Waals surface area (Å²) in [4.78, 5) is 3.71. The predicted molar refractivity (Wildman–Crippen MR) is 58.1 cm³/mol. The van der Waals surface area contributed by atoms with E-state index in [9.17, 15) is 16.8 Å². The van der Waals surface area contributed by atoms with Gasteiger partial charge in [0.05, 0.1) is 11.9 Å². The Kier molecular flexibility index (Phi) is 3.21. The minimum Gasteiger partial charge on any atom is -0.330 e. The van der Waals surface area contributed by atoms with Crippen LogP contribution >= 0.6 is 0 Å². The van der Waals surface area contributed by atoms with Gasteiger partial charge in [0.25, 0.3) is 16.0 Å². The third-order valence-electron chi connectivity index (χ3n) is 2.13. The molecule has 0 atom stereocenters. The van der Waals surface area contributed by atoms with Gasteiger partial charge in [-0.25, -0.2) is 0 Å².